The van der Waals surface area contributed by atoms with Gasteiger partial charge in [-0.25, -0.2) is 4.98 Å². The normalized spacial score (nSPS) is 10.5. The van der Waals surface area contributed by atoms with E-state index in [1.807, 2.05) is 6.92 Å². The molecule has 4 nitrogen and oxygen atoms in total. The first-order valence-electron chi connectivity index (χ1n) is 5.04. The molecule has 0 spiro atoms. The second-order valence-corrected chi connectivity index (χ2v) is 3.28. The lowest BCUT2D eigenvalue weighted by atomic mass is 10.4. The Kier molecular flexibility index (Phi) is 4.46. The highest BCUT2D eigenvalue weighted by Gasteiger charge is 2.03. The van der Waals surface area contributed by atoms with Crippen LogP contribution in [0.1, 0.15) is 19.0 Å². The molecule has 0 amide bonds. The van der Waals surface area contributed by atoms with E-state index in [2.05, 4.69) is 28.0 Å². The molecule has 1 aromatic rings. The Labute approximate surface area is 85.3 Å². The van der Waals surface area contributed by atoms with Gasteiger partial charge in [0.05, 0.1) is 5.69 Å². The number of nitrogens with one attached hydrogen (secondary N) is 1. The van der Waals surface area contributed by atoms with Crippen LogP contribution in [0.5, 0.6) is 0 Å². The number of imidazole rings is 1. The van der Waals surface area contributed by atoms with Crippen molar-refractivity contribution >= 4 is 5.95 Å². The fourth-order valence-corrected chi connectivity index (χ4v) is 1.40. The standard InChI is InChI=1S/C10H19N3O/c1-4-11-10-12-9(2)8-13(10)6-5-7-14-3/h8H,4-7H2,1-3H3,(H,11,12). The van der Waals surface area contributed by atoms with Crippen molar-refractivity contribution in [1.29, 1.82) is 0 Å². The topological polar surface area (TPSA) is 39.1 Å². The Balaban J connectivity index is 2.54. The van der Waals surface area contributed by atoms with Gasteiger partial charge in [0, 0.05) is 33.0 Å². The van der Waals surface area contributed by atoms with Crippen LogP contribution in [0.3, 0.4) is 0 Å². The van der Waals surface area contributed by atoms with Crippen molar-refractivity contribution in [2.24, 2.45) is 0 Å². The van der Waals surface area contributed by atoms with Crippen molar-refractivity contribution in [2.45, 2.75) is 26.8 Å². The molecular weight excluding hydrogens is 178 g/mol. The first kappa shape index (κ1) is 11.0. The number of aromatic nitrogens is 2. The average Bonchev–Trinajstić information content (AvgIpc) is 2.48. The van der Waals surface area contributed by atoms with Gasteiger partial charge in [0.25, 0.3) is 0 Å². The summed E-state index contributed by atoms with van der Waals surface area (Å²) in [4.78, 5) is 4.39. The largest absolute Gasteiger partial charge is 0.385 e. The molecule has 0 unspecified atom stereocenters. The molecule has 0 bridgehead atoms. The molecule has 0 atom stereocenters. The summed E-state index contributed by atoms with van der Waals surface area (Å²) in [5.74, 6) is 0.959. The Morgan fingerprint density at radius 2 is 2.36 bits per heavy atom. The van der Waals surface area contributed by atoms with E-state index in [-0.39, 0.29) is 0 Å². The number of hydrogen-bond acceptors (Lipinski definition) is 3. The minimum absolute atomic E-state index is 0.794. The van der Waals surface area contributed by atoms with Crippen LogP contribution in [0.25, 0.3) is 0 Å². The predicted octanol–water partition coefficient (Wildman–Crippen LogP) is 1.66. The van der Waals surface area contributed by atoms with Crippen molar-refractivity contribution in [1.82, 2.24) is 9.55 Å². The van der Waals surface area contributed by atoms with Crippen molar-refractivity contribution in [2.75, 3.05) is 25.6 Å². The van der Waals surface area contributed by atoms with E-state index < -0.39 is 0 Å². The zero-order chi connectivity index (χ0) is 10.4. The van der Waals surface area contributed by atoms with Crippen LogP contribution in [0, 0.1) is 6.92 Å². The molecule has 1 heterocycles. The van der Waals surface area contributed by atoms with Gasteiger partial charge >= 0.3 is 0 Å². The van der Waals surface area contributed by atoms with Gasteiger partial charge in [0.1, 0.15) is 0 Å². The summed E-state index contributed by atoms with van der Waals surface area (Å²) in [5, 5.41) is 3.23. The number of ether oxygens (including phenoxy) is 1. The van der Waals surface area contributed by atoms with E-state index in [9.17, 15) is 0 Å². The smallest absolute Gasteiger partial charge is 0.203 e. The van der Waals surface area contributed by atoms with Crippen LogP contribution in [0.15, 0.2) is 6.20 Å². The number of rotatable bonds is 6. The van der Waals surface area contributed by atoms with Crippen molar-refractivity contribution in [3.8, 4) is 0 Å². The van der Waals surface area contributed by atoms with Gasteiger partial charge in [0.2, 0.25) is 5.95 Å². The van der Waals surface area contributed by atoms with E-state index in [1.54, 1.807) is 7.11 Å². The molecule has 0 aliphatic carbocycles. The van der Waals surface area contributed by atoms with Crippen molar-refractivity contribution < 1.29 is 4.74 Å². The van der Waals surface area contributed by atoms with Crippen LogP contribution in [-0.4, -0.2) is 29.8 Å². The number of aryl methyl sites for hydroxylation is 2. The third-order valence-corrected chi connectivity index (χ3v) is 1.98. The molecule has 1 aromatic heterocycles. The van der Waals surface area contributed by atoms with Crippen molar-refractivity contribution in [3.05, 3.63) is 11.9 Å². The third kappa shape index (κ3) is 3.03. The molecule has 1 rings (SSSR count). The summed E-state index contributed by atoms with van der Waals surface area (Å²) in [5.41, 5.74) is 1.05. The fourth-order valence-electron chi connectivity index (χ4n) is 1.40. The highest BCUT2D eigenvalue weighted by molar-refractivity contribution is 5.28. The summed E-state index contributed by atoms with van der Waals surface area (Å²) < 4.78 is 7.15. The lowest BCUT2D eigenvalue weighted by molar-refractivity contribution is 0.190. The minimum atomic E-state index is 0.794. The zero-order valence-corrected chi connectivity index (χ0v) is 9.21. The molecule has 0 radical (unpaired) electrons. The van der Waals surface area contributed by atoms with E-state index in [0.29, 0.717) is 0 Å². The van der Waals surface area contributed by atoms with Gasteiger partial charge in [-0.15, -0.1) is 0 Å². The summed E-state index contributed by atoms with van der Waals surface area (Å²) in [6.45, 7) is 6.73. The van der Waals surface area contributed by atoms with Crippen LogP contribution in [0.2, 0.25) is 0 Å². The van der Waals surface area contributed by atoms with Crippen LogP contribution in [0.4, 0.5) is 5.95 Å². The Morgan fingerprint density at radius 1 is 1.57 bits per heavy atom. The lowest BCUT2D eigenvalue weighted by Gasteiger charge is -2.07. The van der Waals surface area contributed by atoms with Gasteiger partial charge in [-0.1, -0.05) is 0 Å². The number of nitrogens with zero attached hydrogens (tertiary/aromatic N) is 2. The van der Waals surface area contributed by atoms with E-state index in [0.717, 1.165) is 37.8 Å². The van der Waals surface area contributed by atoms with Gasteiger partial charge in [0.15, 0.2) is 0 Å². The fraction of sp³-hybridized carbons (Fsp3) is 0.700. The first-order chi connectivity index (χ1) is 6.77. The molecule has 14 heavy (non-hydrogen) atoms. The first-order valence-corrected chi connectivity index (χ1v) is 5.04. The highest BCUT2D eigenvalue weighted by Crippen LogP contribution is 2.08. The highest BCUT2D eigenvalue weighted by atomic mass is 16.5. The molecule has 0 saturated heterocycles. The number of hydrogen-bond donors (Lipinski definition) is 1. The number of methoxy groups -OCH3 is 1. The predicted molar refractivity (Wildman–Crippen MR) is 57.6 cm³/mol. The monoisotopic (exact) mass is 197 g/mol. The van der Waals surface area contributed by atoms with Crippen LogP contribution >= 0.6 is 0 Å². The Hall–Kier alpha value is -1.03. The van der Waals surface area contributed by atoms with Crippen LogP contribution in [-0.2, 0) is 11.3 Å². The maximum Gasteiger partial charge on any atom is 0.203 e. The molecule has 1 N–H and O–H groups in total. The summed E-state index contributed by atoms with van der Waals surface area (Å²) in [6, 6.07) is 0. The van der Waals surface area contributed by atoms with E-state index in [4.69, 9.17) is 4.74 Å². The Bertz CT molecular complexity index is 270. The average molecular weight is 197 g/mol. The maximum atomic E-state index is 5.02. The van der Waals surface area contributed by atoms with Gasteiger partial charge < -0.3 is 14.6 Å². The zero-order valence-electron chi connectivity index (χ0n) is 9.21. The molecular formula is C10H19N3O. The third-order valence-electron chi connectivity index (χ3n) is 1.98. The minimum Gasteiger partial charge on any atom is -0.385 e. The van der Waals surface area contributed by atoms with E-state index in [1.165, 1.54) is 0 Å². The molecule has 0 fully saturated rings. The van der Waals surface area contributed by atoms with Crippen LogP contribution < -0.4 is 5.32 Å². The van der Waals surface area contributed by atoms with Gasteiger partial charge in [-0.3, -0.25) is 0 Å². The second kappa shape index (κ2) is 5.65. The molecule has 0 aromatic carbocycles. The second-order valence-electron chi connectivity index (χ2n) is 3.28. The summed E-state index contributed by atoms with van der Waals surface area (Å²) >= 11 is 0. The lowest BCUT2D eigenvalue weighted by Crippen LogP contribution is -2.07. The summed E-state index contributed by atoms with van der Waals surface area (Å²) in [7, 11) is 1.73. The van der Waals surface area contributed by atoms with Crippen molar-refractivity contribution in [3.63, 3.8) is 0 Å². The molecule has 4 heteroatoms. The molecule has 0 saturated carbocycles. The Morgan fingerprint density at radius 3 is 3.00 bits per heavy atom. The molecule has 0 aliphatic heterocycles. The quantitative estimate of drug-likeness (QED) is 0.705. The molecule has 80 valence electrons. The number of anilines is 1. The SMILES string of the molecule is CCNc1nc(C)cn1CCCOC. The summed E-state index contributed by atoms with van der Waals surface area (Å²) in [6.07, 6.45) is 3.08. The van der Waals surface area contributed by atoms with E-state index >= 15 is 0 Å². The van der Waals surface area contributed by atoms with Gasteiger partial charge in [-0.2, -0.15) is 0 Å². The maximum absolute atomic E-state index is 5.02. The molecule has 0 aliphatic rings. The van der Waals surface area contributed by atoms with Gasteiger partial charge in [-0.05, 0) is 20.3 Å².